The summed E-state index contributed by atoms with van der Waals surface area (Å²) in [6, 6.07) is 5.57. The predicted molar refractivity (Wildman–Crippen MR) is 63.6 cm³/mol. The topological polar surface area (TPSA) is 37.4 Å². The summed E-state index contributed by atoms with van der Waals surface area (Å²) >= 11 is 0. The molecular weight excluding hydrogens is 241 g/mol. The molecule has 17 heavy (non-hydrogen) atoms. The maximum Gasteiger partial charge on any atom is 0.246 e. The molecule has 1 heterocycles. The summed E-state index contributed by atoms with van der Waals surface area (Å²) in [6.07, 6.45) is 2.49. The van der Waals surface area contributed by atoms with Crippen LogP contribution < -0.4 is 0 Å². The van der Waals surface area contributed by atoms with E-state index in [4.69, 9.17) is 0 Å². The van der Waals surface area contributed by atoms with E-state index in [1.165, 1.54) is 22.5 Å². The van der Waals surface area contributed by atoms with Crippen LogP contribution in [0.4, 0.5) is 4.39 Å². The normalized spacial score (nSPS) is 21.9. The zero-order valence-electron chi connectivity index (χ0n) is 9.77. The molecule has 0 radical (unpaired) electrons. The molecule has 5 heteroatoms. The number of rotatable bonds is 3. The lowest BCUT2D eigenvalue weighted by molar-refractivity contribution is 0.377. The van der Waals surface area contributed by atoms with E-state index in [0.29, 0.717) is 6.54 Å². The van der Waals surface area contributed by atoms with Gasteiger partial charge in [0, 0.05) is 12.6 Å². The highest BCUT2D eigenvalue weighted by atomic mass is 32.2. The van der Waals surface area contributed by atoms with Crippen molar-refractivity contribution < 1.29 is 12.8 Å². The molecule has 0 saturated carbocycles. The summed E-state index contributed by atoms with van der Waals surface area (Å²) in [5.41, 5.74) is 0. The van der Waals surface area contributed by atoms with Gasteiger partial charge >= 0.3 is 0 Å². The molecule has 0 bridgehead atoms. The molecule has 1 aliphatic rings. The zero-order valence-corrected chi connectivity index (χ0v) is 10.6. The maximum absolute atomic E-state index is 13.6. The lowest BCUT2D eigenvalue weighted by atomic mass is 10.2. The van der Waals surface area contributed by atoms with E-state index >= 15 is 0 Å². The molecule has 2 rings (SSSR count). The van der Waals surface area contributed by atoms with Gasteiger partial charge in [-0.15, -0.1) is 0 Å². The Hall–Kier alpha value is -0.940. The van der Waals surface area contributed by atoms with Crippen molar-refractivity contribution in [3.63, 3.8) is 0 Å². The number of benzene rings is 1. The minimum Gasteiger partial charge on any atom is -0.207 e. The number of hydrogen-bond donors (Lipinski definition) is 0. The molecule has 0 amide bonds. The standard InChI is InChI=1S/C12H16FNO2S/c1-2-10-6-5-9-14(10)17(15,16)12-8-4-3-7-11(12)13/h3-4,7-8,10H,2,5-6,9H2,1H3. The van der Waals surface area contributed by atoms with Gasteiger partial charge in [-0.2, -0.15) is 4.31 Å². The Morgan fingerprint density at radius 1 is 1.41 bits per heavy atom. The summed E-state index contributed by atoms with van der Waals surface area (Å²) < 4.78 is 39.6. The largest absolute Gasteiger partial charge is 0.246 e. The highest BCUT2D eigenvalue weighted by Gasteiger charge is 2.35. The monoisotopic (exact) mass is 257 g/mol. The van der Waals surface area contributed by atoms with E-state index in [1.54, 1.807) is 6.07 Å². The predicted octanol–water partition coefficient (Wildman–Crippen LogP) is 2.39. The van der Waals surface area contributed by atoms with Crippen molar-refractivity contribution in [2.45, 2.75) is 37.1 Å². The van der Waals surface area contributed by atoms with Gasteiger partial charge in [-0.05, 0) is 31.4 Å². The number of nitrogens with zero attached hydrogens (tertiary/aromatic N) is 1. The molecule has 1 fully saturated rings. The molecule has 1 aromatic carbocycles. The van der Waals surface area contributed by atoms with E-state index in [0.717, 1.165) is 19.3 Å². The Bertz CT molecular complexity index is 501. The van der Waals surface area contributed by atoms with Gasteiger partial charge in [-0.1, -0.05) is 19.1 Å². The van der Waals surface area contributed by atoms with Crippen molar-refractivity contribution in [3.05, 3.63) is 30.1 Å². The lowest BCUT2D eigenvalue weighted by Gasteiger charge is -2.23. The van der Waals surface area contributed by atoms with Gasteiger partial charge in [0.15, 0.2) is 0 Å². The van der Waals surface area contributed by atoms with Gasteiger partial charge in [0.05, 0.1) is 0 Å². The third-order valence-corrected chi connectivity index (χ3v) is 5.20. The molecule has 94 valence electrons. The van der Waals surface area contributed by atoms with Crippen LogP contribution in [0.2, 0.25) is 0 Å². The Balaban J connectivity index is 2.40. The van der Waals surface area contributed by atoms with Gasteiger partial charge in [0.1, 0.15) is 10.7 Å². The van der Waals surface area contributed by atoms with Crippen molar-refractivity contribution in [1.29, 1.82) is 0 Å². The van der Waals surface area contributed by atoms with E-state index in [-0.39, 0.29) is 10.9 Å². The number of halogens is 1. The average molecular weight is 257 g/mol. The van der Waals surface area contributed by atoms with Crippen molar-refractivity contribution >= 4 is 10.0 Å². The molecule has 0 aliphatic carbocycles. The first-order chi connectivity index (χ1) is 8.07. The van der Waals surface area contributed by atoms with Crippen LogP contribution in [0, 0.1) is 5.82 Å². The van der Waals surface area contributed by atoms with Crippen LogP contribution in [-0.2, 0) is 10.0 Å². The van der Waals surface area contributed by atoms with Gasteiger partial charge in [-0.3, -0.25) is 0 Å². The molecule has 1 saturated heterocycles. The lowest BCUT2D eigenvalue weighted by Crippen LogP contribution is -2.35. The van der Waals surface area contributed by atoms with E-state index in [1.807, 2.05) is 6.92 Å². The third kappa shape index (κ3) is 2.21. The molecule has 0 N–H and O–H groups in total. The van der Waals surface area contributed by atoms with Crippen molar-refractivity contribution in [2.24, 2.45) is 0 Å². The van der Waals surface area contributed by atoms with Crippen LogP contribution in [-0.4, -0.2) is 25.3 Å². The van der Waals surface area contributed by atoms with Gasteiger partial charge < -0.3 is 0 Å². The Labute approximate surface area is 101 Å². The van der Waals surface area contributed by atoms with Gasteiger partial charge in [0.2, 0.25) is 10.0 Å². The highest BCUT2D eigenvalue weighted by molar-refractivity contribution is 7.89. The minimum absolute atomic E-state index is 0.0135. The number of hydrogen-bond acceptors (Lipinski definition) is 2. The second-order valence-electron chi connectivity index (χ2n) is 4.25. The van der Waals surface area contributed by atoms with E-state index in [9.17, 15) is 12.8 Å². The van der Waals surface area contributed by atoms with Crippen molar-refractivity contribution in [2.75, 3.05) is 6.54 Å². The van der Waals surface area contributed by atoms with Crippen molar-refractivity contribution in [3.8, 4) is 0 Å². The molecule has 1 aliphatic heterocycles. The molecule has 1 aromatic rings. The molecule has 1 unspecified atom stereocenters. The first-order valence-electron chi connectivity index (χ1n) is 5.83. The van der Waals surface area contributed by atoms with Crippen LogP contribution in [0.3, 0.4) is 0 Å². The fraction of sp³-hybridized carbons (Fsp3) is 0.500. The molecule has 3 nitrogen and oxygen atoms in total. The quantitative estimate of drug-likeness (QED) is 0.833. The first-order valence-corrected chi connectivity index (χ1v) is 7.27. The summed E-state index contributed by atoms with van der Waals surface area (Å²) in [7, 11) is -3.67. The third-order valence-electron chi connectivity index (χ3n) is 3.22. The highest BCUT2D eigenvalue weighted by Crippen LogP contribution is 2.28. The van der Waals surface area contributed by atoms with Crippen molar-refractivity contribution in [1.82, 2.24) is 4.31 Å². The Morgan fingerprint density at radius 3 is 2.76 bits per heavy atom. The Morgan fingerprint density at radius 2 is 2.12 bits per heavy atom. The fourth-order valence-corrected chi connectivity index (χ4v) is 4.15. The van der Waals surface area contributed by atoms with Gasteiger partial charge in [-0.25, -0.2) is 12.8 Å². The summed E-state index contributed by atoms with van der Waals surface area (Å²) in [5.74, 6) is -0.672. The smallest absolute Gasteiger partial charge is 0.207 e. The summed E-state index contributed by atoms with van der Waals surface area (Å²) in [5, 5.41) is 0. The summed E-state index contributed by atoms with van der Waals surface area (Å²) in [4.78, 5) is -0.208. The van der Waals surface area contributed by atoms with Crippen LogP contribution in [0.5, 0.6) is 0 Å². The molecule has 0 aromatic heterocycles. The van der Waals surface area contributed by atoms with Crippen LogP contribution in [0.1, 0.15) is 26.2 Å². The zero-order chi connectivity index (χ0) is 12.5. The summed E-state index contributed by atoms with van der Waals surface area (Å²) in [6.45, 7) is 2.45. The first kappa shape index (κ1) is 12.5. The van der Waals surface area contributed by atoms with Crippen LogP contribution >= 0.6 is 0 Å². The van der Waals surface area contributed by atoms with Crippen LogP contribution in [0.25, 0.3) is 0 Å². The van der Waals surface area contributed by atoms with Crippen LogP contribution in [0.15, 0.2) is 29.2 Å². The van der Waals surface area contributed by atoms with Gasteiger partial charge in [0.25, 0.3) is 0 Å². The molecule has 0 spiro atoms. The minimum atomic E-state index is -3.67. The van der Waals surface area contributed by atoms with E-state index < -0.39 is 15.8 Å². The SMILES string of the molecule is CCC1CCCN1S(=O)(=O)c1ccccc1F. The molecule has 1 atom stereocenters. The van der Waals surface area contributed by atoms with E-state index in [2.05, 4.69) is 0 Å². The molecular formula is C12H16FNO2S. The maximum atomic E-state index is 13.6. The average Bonchev–Trinajstić information content (AvgIpc) is 2.78. The second kappa shape index (κ2) is 4.74. The fourth-order valence-electron chi connectivity index (χ4n) is 2.31. The second-order valence-corrected chi connectivity index (χ2v) is 6.11. The number of sulfonamides is 1. The Kier molecular flexibility index (Phi) is 3.49.